The summed E-state index contributed by atoms with van der Waals surface area (Å²) < 4.78 is 11.8. The summed E-state index contributed by atoms with van der Waals surface area (Å²) in [6.45, 7) is 3.99. The van der Waals surface area contributed by atoms with Gasteiger partial charge in [0.1, 0.15) is 0 Å². The summed E-state index contributed by atoms with van der Waals surface area (Å²) in [4.78, 5) is 23.9. The molecule has 1 saturated heterocycles. The van der Waals surface area contributed by atoms with E-state index < -0.39 is 11.4 Å². The van der Waals surface area contributed by atoms with Gasteiger partial charge in [-0.15, -0.1) is 0 Å². The summed E-state index contributed by atoms with van der Waals surface area (Å²) in [6, 6.07) is 8.24. The third-order valence-electron chi connectivity index (χ3n) is 5.98. The minimum atomic E-state index is -0.787. The number of hydrogen-bond donors (Lipinski definition) is 0. The van der Waals surface area contributed by atoms with E-state index in [9.17, 15) is 4.79 Å². The molecule has 28 heavy (non-hydrogen) atoms. The van der Waals surface area contributed by atoms with Crippen molar-refractivity contribution >= 4 is 5.97 Å². The molecule has 3 aliphatic rings. The predicted octanol–water partition coefficient (Wildman–Crippen LogP) is 4.74. The van der Waals surface area contributed by atoms with Crippen molar-refractivity contribution in [3.63, 3.8) is 0 Å². The Balaban J connectivity index is 1.45. The monoisotopic (exact) mass is 386 g/mol. The van der Waals surface area contributed by atoms with Crippen molar-refractivity contribution in [1.29, 1.82) is 0 Å². The Bertz CT molecular complexity index is 753. The molecular weight excluding hydrogens is 356 g/mol. The second kappa shape index (κ2) is 7.97. The summed E-state index contributed by atoms with van der Waals surface area (Å²) in [5, 5.41) is 0. The van der Waals surface area contributed by atoms with Crippen LogP contribution in [0.2, 0.25) is 0 Å². The molecular formula is C23H30O5. The second-order valence-electron chi connectivity index (χ2n) is 8.51. The van der Waals surface area contributed by atoms with Gasteiger partial charge in [0.25, 0.3) is 0 Å². The molecule has 0 N–H and O–H groups in total. The molecule has 1 fully saturated rings. The van der Waals surface area contributed by atoms with Gasteiger partial charge in [-0.3, -0.25) is 4.79 Å². The van der Waals surface area contributed by atoms with Gasteiger partial charge in [-0.25, -0.2) is 9.78 Å². The fourth-order valence-corrected chi connectivity index (χ4v) is 4.59. The first-order valence-electron chi connectivity index (χ1n) is 10.5. The standard InChI is InChI=1S/C23H30O5/c1-22(2)26-20-13-12-18-10-6-7-11-19(18)23(20,28-27-22)14-15-25-21(24)16-17-8-4-3-5-9-17/h6-8,10-11,20H,3-5,9,12-16H2,1-2H3/t20-,23+/m1/s1. The maximum absolute atomic E-state index is 12.3. The van der Waals surface area contributed by atoms with E-state index in [0.29, 0.717) is 12.8 Å². The maximum Gasteiger partial charge on any atom is 0.309 e. The molecule has 152 valence electrons. The van der Waals surface area contributed by atoms with Crippen molar-refractivity contribution < 1.29 is 24.0 Å². The average Bonchev–Trinajstić information content (AvgIpc) is 2.69. The first kappa shape index (κ1) is 19.6. The van der Waals surface area contributed by atoms with E-state index in [1.165, 1.54) is 24.0 Å². The van der Waals surface area contributed by atoms with Crippen molar-refractivity contribution in [2.24, 2.45) is 0 Å². The number of benzene rings is 1. The van der Waals surface area contributed by atoms with Crippen LogP contribution in [-0.2, 0) is 36.1 Å². The molecule has 0 amide bonds. The summed E-state index contributed by atoms with van der Waals surface area (Å²) in [5.74, 6) is -0.951. The van der Waals surface area contributed by atoms with E-state index in [1.807, 2.05) is 26.0 Å². The fourth-order valence-electron chi connectivity index (χ4n) is 4.59. The van der Waals surface area contributed by atoms with Gasteiger partial charge in [0.2, 0.25) is 0 Å². The van der Waals surface area contributed by atoms with Crippen LogP contribution in [-0.4, -0.2) is 24.5 Å². The highest BCUT2D eigenvalue weighted by molar-refractivity contribution is 5.72. The first-order chi connectivity index (χ1) is 13.5. The molecule has 0 spiro atoms. The Morgan fingerprint density at radius 2 is 2.04 bits per heavy atom. The fraction of sp³-hybridized carbons (Fsp3) is 0.609. The van der Waals surface area contributed by atoms with Gasteiger partial charge in [-0.05, 0) is 63.5 Å². The van der Waals surface area contributed by atoms with E-state index in [2.05, 4.69) is 18.2 Å². The van der Waals surface area contributed by atoms with Gasteiger partial charge < -0.3 is 9.47 Å². The lowest BCUT2D eigenvalue weighted by molar-refractivity contribution is -0.528. The van der Waals surface area contributed by atoms with Crippen LogP contribution in [0.1, 0.15) is 69.9 Å². The van der Waals surface area contributed by atoms with Crippen molar-refractivity contribution in [3.8, 4) is 0 Å². The van der Waals surface area contributed by atoms with Crippen LogP contribution in [0.3, 0.4) is 0 Å². The summed E-state index contributed by atoms with van der Waals surface area (Å²) >= 11 is 0. The molecule has 4 rings (SSSR count). The van der Waals surface area contributed by atoms with Gasteiger partial charge in [-0.1, -0.05) is 35.9 Å². The molecule has 0 unspecified atom stereocenters. The summed E-state index contributed by atoms with van der Waals surface area (Å²) in [7, 11) is 0. The molecule has 1 heterocycles. The Kier molecular flexibility index (Phi) is 5.59. The van der Waals surface area contributed by atoms with Crippen LogP contribution >= 0.6 is 0 Å². The largest absolute Gasteiger partial charge is 0.465 e. The van der Waals surface area contributed by atoms with Crippen LogP contribution in [0, 0.1) is 0 Å². The molecule has 2 atom stereocenters. The Morgan fingerprint density at radius 3 is 2.86 bits per heavy atom. The van der Waals surface area contributed by atoms with Crippen molar-refractivity contribution in [3.05, 3.63) is 47.0 Å². The zero-order valence-corrected chi connectivity index (χ0v) is 16.9. The lowest BCUT2D eigenvalue weighted by atomic mass is 9.75. The summed E-state index contributed by atoms with van der Waals surface area (Å²) in [6.07, 6.45) is 9.21. The first-order valence-corrected chi connectivity index (χ1v) is 10.5. The van der Waals surface area contributed by atoms with E-state index in [4.69, 9.17) is 19.2 Å². The van der Waals surface area contributed by atoms with Crippen LogP contribution in [0.15, 0.2) is 35.9 Å². The lowest BCUT2D eigenvalue weighted by Crippen LogP contribution is -2.56. The Hall–Kier alpha value is -1.69. The lowest BCUT2D eigenvalue weighted by Gasteiger charge is -2.50. The van der Waals surface area contributed by atoms with Crippen LogP contribution in [0.5, 0.6) is 0 Å². The highest BCUT2D eigenvalue weighted by atomic mass is 17.2. The quantitative estimate of drug-likeness (QED) is 0.416. The number of hydrogen-bond acceptors (Lipinski definition) is 5. The number of esters is 1. The number of carbonyl (C=O) groups excluding carboxylic acids is 1. The number of ether oxygens (including phenoxy) is 2. The van der Waals surface area contributed by atoms with Crippen molar-refractivity contribution in [2.45, 2.75) is 82.7 Å². The topological polar surface area (TPSA) is 54.0 Å². The normalized spacial score (nSPS) is 28.6. The van der Waals surface area contributed by atoms with Crippen molar-refractivity contribution in [2.75, 3.05) is 6.61 Å². The molecule has 5 heteroatoms. The highest BCUT2D eigenvalue weighted by Gasteiger charge is 2.53. The minimum Gasteiger partial charge on any atom is -0.465 e. The van der Waals surface area contributed by atoms with E-state index in [1.54, 1.807) is 0 Å². The van der Waals surface area contributed by atoms with Gasteiger partial charge in [0.05, 0.1) is 19.1 Å². The summed E-state index contributed by atoms with van der Waals surface area (Å²) in [5.41, 5.74) is 2.78. The van der Waals surface area contributed by atoms with E-state index in [-0.39, 0.29) is 18.7 Å². The number of carbonyl (C=O) groups is 1. The molecule has 0 radical (unpaired) electrons. The van der Waals surface area contributed by atoms with Crippen LogP contribution < -0.4 is 0 Å². The molecule has 1 aromatic carbocycles. The number of rotatable bonds is 5. The molecule has 5 nitrogen and oxygen atoms in total. The molecule has 1 aliphatic heterocycles. The number of aryl methyl sites for hydroxylation is 1. The Morgan fingerprint density at radius 1 is 1.18 bits per heavy atom. The van der Waals surface area contributed by atoms with Crippen molar-refractivity contribution in [1.82, 2.24) is 0 Å². The zero-order chi connectivity index (χ0) is 19.6. The third-order valence-corrected chi connectivity index (χ3v) is 5.98. The van der Waals surface area contributed by atoms with Crippen LogP contribution in [0.25, 0.3) is 0 Å². The predicted molar refractivity (Wildman–Crippen MR) is 104 cm³/mol. The number of allylic oxidation sites excluding steroid dienone is 1. The van der Waals surface area contributed by atoms with Gasteiger partial charge in [0, 0.05) is 6.42 Å². The van der Waals surface area contributed by atoms with Gasteiger partial charge in [0.15, 0.2) is 11.4 Å². The molecule has 0 aromatic heterocycles. The third kappa shape index (κ3) is 4.02. The van der Waals surface area contributed by atoms with E-state index in [0.717, 1.165) is 31.2 Å². The number of fused-ring (bicyclic) bond motifs is 3. The molecule has 0 bridgehead atoms. The molecule has 2 aliphatic carbocycles. The van der Waals surface area contributed by atoms with Gasteiger partial charge >= 0.3 is 5.97 Å². The van der Waals surface area contributed by atoms with Crippen LogP contribution in [0.4, 0.5) is 0 Å². The average molecular weight is 386 g/mol. The SMILES string of the molecule is CC1(C)OO[C@@]2(CCOC(=O)CC3=CCCCC3)c3ccccc3CC[C@H]2O1. The minimum absolute atomic E-state index is 0.133. The second-order valence-corrected chi connectivity index (χ2v) is 8.51. The zero-order valence-electron chi connectivity index (χ0n) is 16.9. The van der Waals surface area contributed by atoms with Gasteiger partial charge in [-0.2, -0.15) is 0 Å². The molecule has 0 saturated carbocycles. The van der Waals surface area contributed by atoms with E-state index >= 15 is 0 Å². The highest BCUT2D eigenvalue weighted by Crippen LogP contribution is 2.47. The molecule has 1 aromatic rings. The smallest absolute Gasteiger partial charge is 0.309 e. The Labute approximate surface area is 166 Å². The maximum atomic E-state index is 12.3.